The van der Waals surface area contributed by atoms with Crippen LogP contribution in [0.1, 0.15) is 12.8 Å². The molecule has 0 bridgehead atoms. The first-order valence-corrected chi connectivity index (χ1v) is 1.94. The molecule has 7 heavy (non-hydrogen) atoms. The average molecular weight is 98.1 g/mol. The Morgan fingerprint density at radius 2 is 2.57 bits per heavy atom. The van der Waals surface area contributed by atoms with Crippen molar-refractivity contribution in [1.29, 1.82) is 5.26 Å². The van der Waals surface area contributed by atoms with Gasteiger partial charge in [0.25, 0.3) is 0 Å². The van der Waals surface area contributed by atoms with Gasteiger partial charge in [-0.1, -0.05) is 0 Å². The standard InChI is InChI=1S/C4H6N2O/c5-3-1-2-4-6-7/h4,7H,1-2H2. The first-order chi connectivity index (χ1) is 3.41. The molecule has 0 saturated carbocycles. The number of oxime groups is 1. The summed E-state index contributed by atoms with van der Waals surface area (Å²) in [6.45, 7) is 0. The van der Waals surface area contributed by atoms with Gasteiger partial charge in [-0.15, -0.1) is 5.16 Å². The number of unbranched alkanes of at least 4 members (excludes halogenated alkanes) is 1. The van der Waals surface area contributed by atoms with Crippen molar-refractivity contribution in [2.75, 3.05) is 0 Å². The summed E-state index contributed by atoms with van der Waals surface area (Å²) >= 11 is 0. The molecule has 0 aliphatic carbocycles. The quantitative estimate of drug-likeness (QED) is 0.240. The highest BCUT2D eigenvalue weighted by Crippen LogP contribution is 1.78. The van der Waals surface area contributed by atoms with Gasteiger partial charge in [-0.25, -0.2) is 0 Å². The van der Waals surface area contributed by atoms with Crippen LogP contribution in [0.25, 0.3) is 0 Å². The fourth-order valence-electron chi connectivity index (χ4n) is 0.187. The molecule has 0 radical (unpaired) electrons. The van der Waals surface area contributed by atoms with E-state index in [9.17, 15) is 0 Å². The molecule has 38 valence electrons. The van der Waals surface area contributed by atoms with Gasteiger partial charge >= 0.3 is 0 Å². The normalized spacial score (nSPS) is 9.00. The van der Waals surface area contributed by atoms with Crippen LogP contribution in [0.4, 0.5) is 0 Å². The Bertz CT molecular complexity index is 92.4. The first-order valence-electron chi connectivity index (χ1n) is 1.94. The molecular formula is C4H6N2O. The number of rotatable bonds is 2. The molecule has 0 aromatic heterocycles. The van der Waals surface area contributed by atoms with Crippen LogP contribution >= 0.6 is 0 Å². The molecule has 0 spiro atoms. The molecule has 3 nitrogen and oxygen atoms in total. The van der Waals surface area contributed by atoms with Gasteiger partial charge in [0, 0.05) is 12.6 Å². The van der Waals surface area contributed by atoms with Crippen LogP contribution in [0.2, 0.25) is 0 Å². The second kappa shape index (κ2) is 4.96. The second-order valence-corrected chi connectivity index (χ2v) is 0.995. The molecule has 0 saturated heterocycles. The van der Waals surface area contributed by atoms with E-state index >= 15 is 0 Å². The van der Waals surface area contributed by atoms with Crippen LogP contribution in [0.3, 0.4) is 0 Å². The van der Waals surface area contributed by atoms with Gasteiger partial charge in [-0.05, 0) is 6.42 Å². The summed E-state index contributed by atoms with van der Waals surface area (Å²) in [7, 11) is 0. The molecule has 0 rings (SSSR count). The minimum atomic E-state index is 0.421. The van der Waals surface area contributed by atoms with E-state index in [1.165, 1.54) is 6.21 Å². The van der Waals surface area contributed by atoms with E-state index in [2.05, 4.69) is 5.16 Å². The van der Waals surface area contributed by atoms with Crippen molar-refractivity contribution in [3.63, 3.8) is 0 Å². The number of hydrogen-bond donors (Lipinski definition) is 1. The maximum absolute atomic E-state index is 7.90. The highest BCUT2D eigenvalue weighted by molar-refractivity contribution is 5.56. The Morgan fingerprint density at radius 3 is 3.00 bits per heavy atom. The number of hydrogen-bond acceptors (Lipinski definition) is 3. The van der Waals surface area contributed by atoms with E-state index in [0.717, 1.165) is 0 Å². The van der Waals surface area contributed by atoms with E-state index < -0.39 is 0 Å². The van der Waals surface area contributed by atoms with Gasteiger partial charge in [0.2, 0.25) is 0 Å². The van der Waals surface area contributed by atoms with Crippen molar-refractivity contribution < 1.29 is 5.21 Å². The second-order valence-electron chi connectivity index (χ2n) is 0.995. The van der Waals surface area contributed by atoms with Gasteiger partial charge in [0.05, 0.1) is 6.07 Å². The Hall–Kier alpha value is -1.04. The van der Waals surface area contributed by atoms with Crippen molar-refractivity contribution in [1.82, 2.24) is 0 Å². The molecule has 0 atom stereocenters. The lowest BCUT2D eigenvalue weighted by Crippen LogP contribution is -1.70. The maximum atomic E-state index is 7.90. The van der Waals surface area contributed by atoms with Crippen LogP contribution in [0.5, 0.6) is 0 Å². The summed E-state index contributed by atoms with van der Waals surface area (Å²) in [5, 5.41) is 18.3. The van der Waals surface area contributed by atoms with Gasteiger partial charge in [0.1, 0.15) is 0 Å². The molecule has 0 aromatic rings. The van der Waals surface area contributed by atoms with Crippen molar-refractivity contribution in [2.24, 2.45) is 5.16 Å². The highest BCUT2D eigenvalue weighted by Gasteiger charge is 1.73. The maximum Gasteiger partial charge on any atom is 0.0625 e. The van der Waals surface area contributed by atoms with Crippen LogP contribution in [0.15, 0.2) is 5.16 Å². The van der Waals surface area contributed by atoms with Crippen LogP contribution in [-0.4, -0.2) is 11.4 Å². The van der Waals surface area contributed by atoms with Crippen molar-refractivity contribution >= 4 is 6.21 Å². The fraction of sp³-hybridized carbons (Fsp3) is 0.500. The predicted molar refractivity (Wildman–Crippen MR) is 25.1 cm³/mol. The third-order valence-corrected chi connectivity index (χ3v) is 0.467. The summed E-state index contributed by atoms with van der Waals surface area (Å²) < 4.78 is 0. The van der Waals surface area contributed by atoms with Crippen molar-refractivity contribution in [3.05, 3.63) is 0 Å². The Labute approximate surface area is 41.9 Å². The van der Waals surface area contributed by atoms with E-state index in [1.54, 1.807) is 0 Å². The summed E-state index contributed by atoms with van der Waals surface area (Å²) in [6, 6.07) is 1.90. The molecular weight excluding hydrogens is 92.1 g/mol. The van der Waals surface area contributed by atoms with Crippen molar-refractivity contribution in [3.8, 4) is 6.07 Å². The molecule has 0 fully saturated rings. The van der Waals surface area contributed by atoms with Gasteiger partial charge < -0.3 is 5.21 Å². The zero-order chi connectivity index (χ0) is 5.54. The summed E-state index contributed by atoms with van der Waals surface area (Å²) in [5.74, 6) is 0. The Balaban J connectivity index is 2.87. The monoisotopic (exact) mass is 98.0 g/mol. The molecule has 0 heterocycles. The molecule has 3 heteroatoms. The minimum absolute atomic E-state index is 0.421. The van der Waals surface area contributed by atoms with Gasteiger partial charge in [-0.3, -0.25) is 0 Å². The molecule has 0 unspecified atom stereocenters. The topological polar surface area (TPSA) is 56.4 Å². The zero-order valence-electron chi connectivity index (χ0n) is 3.83. The van der Waals surface area contributed by atoms with Crippen LogP contribution < -0.4 is 0 Å². The first kappa shape index (κ1) is 5.96. The van der Waals surface area contributed by atoms with E-state index in [-0.39, 0.29) is 0 Å². The molecule has 0 aliphatic rings. The lowest BCUT2D eigenvalue weighted by molar-refractivity contribution is 0.320. The third-order valence-electron chi connectivity index (χ3n) is 0.467. The van der Waals surface area contributed by atoms with E-state index in [0.29, 0.717) is 12.8 Å². The molecule has 1 N–H and O–H groups in total. The summed E-state index contributed by atoms with van der Waals surface area (Å²) in [6.07, 6.45) is 2.25. The zero-order valence-corrected chi connectivity index (χ0v) is 3.83. The van der Waals surface area contributed by atoms with Crippen LogP contribution in [0, 0.1) is 11.3 Å². The number of nitrogens with zero attached hydrogens (tertiary/aromatic N) is 2. The minimum Gasteiger partial charge on any atom is -0.411 e. The largest absolute Gasteiger partial charge is 0.411 e. The SMILES string of the molecule is N#CCCC=NO. The van der Waals surface area contributed by atoms with E-state index in [1.807, 2.05) is 6.07 Å². The summed E-state index contributed by atoms with van der Waals surface area (Å²) in [5.41, 5.74) is 0. The predicted octanol–water partition coefficient (Wildman–Crippen LogP) is 0.750. The Morgan fingerprint density at radius 1 is 1.86 bits per heavy atom. The lowest BCUT2D eigenvalue weighted by Gasteiger charge is -1.73. The summed E-state index contributed by atoms with van der Waals surface area (Å²) in [4.78, 5) is 0. The third kappa shape index (κ3) is 4.96. The van der Waals surface area contributed by atoms with E-state index in [4.69, 9.17) is 10.5 Å². The van der Waals surface area contributed by atoms with Gasteiger partial charge in [-0.2, -0.15) is 5.26 Å². The Kier molecular flexibility index (Phi) is 4.22. The smallest absolute Gasteiger partial charge is 0.0625 e. The van der Waals surface area contributed by atoms with Crippen LogP contribution in [-0.2, 0) is 0 Å². The molecule has 0 aromatic carbocycles. The lowest BCUT2D eigenvalue weighted by atomic mass is 10.4. The highest BCUT2D eigenvalue weighted by atomic mass is 16.4. The number of nitriles is 1. The molecule has 0 amide bonds. The molecule has 0 aliphatic heterocycles. The average Bonchev–Trinajstić information content (AvgIpc) is 1.69. The van der Waals surface area contributed by atoms with Crippen molar-refractivity contribution in [2.45, 2.75) is 12.8 Å². The van der Waals surface area contributed by atoms with Gasteiger partial charge in [0.15, 0.2) is 0 Å². The fourth-order valence-corrected chi connectivity index (χ4v) is 0.187.